The second-order valence-electron chi connectivity index (χ2n) is 5.21. The summed E-state index contributed by atoms with van der Waals surface area (Å²) in [5.41, 5.74) is 3.05. The zero-order valence-corrected chi connectivity index (χ0v) is 13.3. The summed E-state index contributed by atoms with van der Waals surface area (Å²) in [4.78, 5) is 0. The van der Waals surface area contributed by atoms with Gasteiger partial charge in [0.05, 0.1) is 12.7 Å². The Morgan fingerprint density at radius 3 is 2.71 bits per heavy atom. The molecule has 3 nitrogen and oxygen atoms in total. The average molecular weight is 349 g/mol. The van der Waals surface area contributed by atoms with E-state index < -0.39 is 6.10 Å². The van der Waals surface area contributed by atoms with Crippen LogP contribution in [0.1, 0.15) is 35.3 Å². The second kappa shape index (κ2) is 6.18. The fourth-order valence-corrected chi connectivity index (χ4v) is 2.96. The Balaban J connectivity index is 1.84. The number of aliphatic hydroxyl groups excluding tert-OH is 1. The molecule has 0 amide bonds. The first-order valence-corrected chi connectivity index (χ1v) is 7.68. The van der Waals surface area contributed by atoms with Crippen molar-refractivity contribution in [3.8, 4) is 5.75 Å². The largest absolute Gasteiger partial charge is 0.485 e. The van der Waals surface area contributed by atoms with Crippen LogP contribution >= 0.6 is 15.9 Å². The smallest absolute Gasteiger partial charge is 0.127 e. The predicted octanol–water partition coefficient (Wildman–Crippen LogP) is 4.15. The highest BCUT2D eigenvalue weighted by Crippen LogP contribution is 2.41. The van der Waals surface area contributed by atoms with Crippen LogP contribution in [0.25, 0.3) is 0 Å². The van der Waals surface area contributed by atoms with Crippen LogP contribution in [0.15, 0.2) is 46.9 Å². The monoisotopic (exact) mass is 348 g/mol. The summed E-state index contributed by atoms with van der Waals surface area (Å²) in [6.07, 6.45) is -0.0537. The molecule has 1 aliphatic rings. The molecule has 3 rings (SSSR count). The molecule has 0 fully saturated rings. The summed E-state index contributed by atoms with van der Waals surface area (Å²) < 4.78 is 12.1. The van der Waals surface area contributed by atoms with Gasteiger partial charge in [0.25, 0.3) is 0 Å². The van der Waals surface area contributed by atoms with Crippen LogP contribution in [0.2, 0.25) is 0 Å². The molecule has 1 unspecified atom stereocenters. The molecule has 2 aromatic rings. The second-order valence-corrected chi connectivity index (χ2v) is 6.13. The van der Waals surface area contributed by atoms with Crippen molar-refractivity contribution in [3.05, 3.63) is 63.6 Å². The maximum absolute atomic E-state index is 10.3. The molecule has 110 valence electrons. The lowest BCUT2D eigenvalue weighted by molar-refractivity contribution is 0.0656. The van der Waals surface area contributed by atoms with E-state index in [-0.39, 0.29) is 6.10 Å². The number of rotatable bonds is 3. The molecule has 0 saturated carbocycles. The number of fused-ring (bicyclic) bond motifs is 1. The highest BCUT2D eigenvalue weighted by atomic mass is 79.9. The third-order valence-corrected chi connectivity index (χ3v) is 4.20. The minimum absolute atomic E-state index is 0.126. The molecule has 0 aromatic heterocycles. The van der Waals surface area contributed by atoms with E-state index in [1.165, 1.54) is 0 Å². The highest BCUT2D eigenvalue weighted by Gasteiger charge is 2.28. The fraction of sp³-hybridized carbons (Fsp3) is 0.294. The first kappa shape index (κ1) is 14.6. The summed E-state index contributed by atoms with van der Waals surface area (Å²) in [6.45, 7) is 0.601. The minimum Gasteiger partial charge on any atom is -0.485 e. The maximum Gasteiger partial charge on any atom is 0.127 e. The van der Waals surface area contributed by atoms with Crippen LogP contribution in [-0.2, 0) is 11.3 Å². The van der Waals surface area contributed by atoms with Crippen LogP contribution in [0.5, 0.6) is 5.75 Å². The quantitative estimate of drug-likeness (QED) is 0.905. The summed E-state index contributed by atoms with van der Waals surface area (Å²) >= 11 is 3.44. The number of hydrogen-bond acceptors (Lipinski definition) is 3. The van der Waals surface area contributed by atoms with Crippen molar-refractivity contribution in [3.63, 3.8) is 0 Å². The summed E-state index contributed by atoms with van der Waals surface area (Å²) in [5, 5.41) is 10.3. The zero-order chi connectivity index (χ0) is 14.8. The van der Waals surface area contributed by atoms with Crippen molar-refractivity contribution in [1.82, 2.24) is 0 Å². The van der Waals surface area contributed by atoms with Gasteiger partial charge in [-0.25, -0.2) is 0 Å². The Hall–Kier alpha value is -1.36. The van der Waals surface area contributed by atoms with Gasteiger partial charge in [0, 0.05) is 23.6 Å². The molecule has 1 heterocycles. The summed E-state index contributed by atoms with van der Waals surface area (Å²) in [6, 6.07) is 13.9. The van der Waals surface area contributed by atoms with E-state index in [4.69, 9.17) is 9.47 Å². The molecule has 1 aliphatic heterocycles. The maximum atomic E-state index is 10.3. The Labute approximate surface area is 132 Å². The van der Waals surface area contributed by atoms with Crippen molar-refractivity contribution in [2.45, 2.75) is 25.2 Å². The molecule has 0 radical (unpaired) electrons. The van der Waals surface area contributed by atoms with Crippen molar-refractivity contribution in [2.75, 3.05) is 7.11 Å². The van der Waals surface area contributed by atoms with Gasteiger partial charge in [0.15, 0.2) is 0 Å². The lowest BCUT2D eigenvalue weighted by atomic mass is 9.94. The van der Waals surface area contributed by atoms with Gasteiger partial charge in [-0.3, -0.25) is 0 Å². The lowest BCUT2D eigenvalue weighted by Gasteiger charge is -2.30. The Morgan fingerprint density at radius 1 is 1.24 bits per heavy atom. The zero-order valence-electron chi connectivity index (χ0n) is 11.8. The Bertz CT molecular complexity index is 624. The molecule has 0 spiro atoms. The Kier molecular flexibility index (Phi) is 4.29. The molecule has 0 aliphatic carbocycles. The van der Waals surface area contributed by atoms with E-state index in [0.717, 1.165) is 26.9 Å². The van der Waals surface area contributed by atoms with Crippen LogP contribution < -0.4 is 4.74 Å². The van der Waals surface area contributed by atoms with Crippen molar-refractivity contribution < 1.29 is 14.6 Å². The lowest BCUT2D eigenvalue weighted by Crippen LogP contribution is -2.19. The van der Waals surface area contributed by atoms with Crippen LogP contribution in [-0.4, -0.2) is 12.2 Å². The van der Waals surface area contributed by atoms with Gasteiger partial charge in [-0.2, -0.15) is 0 Å². The fourth-order valence-electron chi connectivity index (χ4n) is 2.62. The first-order valence-electron chi connectivity index (χ1n) is 6.89. The van der Waals surface area contributed by atoms with E-state index in [1.54, 1.807) is 7.11 Å². The van der Waals surface area contributed by atoms with Crippen LogP contribution in [0.4, 0.5) is 0 Å². The number of halogens is 1. The SMILES string of the molecule is COCc1ccc(C2C[C@H](O)c3ccc(Br)cc3O2)cc1. The van der Waals surface area contributed by atoms with Gasteiger partial charge < -0.3 is 14.6 Å². The van der Waals surface area contributed by atoms with Gasteiger partial charge in [-0.1, -0.05) is 46.3 Å². The van der Waals surface area contributed by atoms with Gasteiger partial charge in [-0.05, 0) is 23.3 Å². The number of ether oxygens (including phenoxy) is 2. The van der Waals surface area contributed by atoms with E-state index >= 15 is 0 Å². The number of benzene rings is 2. The van der Waals surface area contributed by atoms with E-state index in [2.05, 4.69) is 15.9 Å². The predicted molar refractivity (Wildman–Crippen MR) is 84.2 cm³/mol. The third-order valence-electron chi connectivity index (χ3n) is 3.70. The number of aliphatic hydroxyl groups is 1. The molecule has 4 heteroatoms. The normalized spacial score (nSPS) is 20.7. The van der Waals surface area contributed by atoms with Crippen LogP contribution in [0.3, 0.4) is 0 Å². The van der Waals surface area contributed by atoms with Gasteiger partial charge in [0.2, 0.25) is 0 Å². The first-order chi connectivity index (χ1) is 10.2. The van der Waals surface area contributed by atoms with Crippen molar-refractivity contribution >= 4 is 15.9 Å². The summed E-state index contributed by atoms with van der Waals surface area (Å²) in [5.74, 6) is 0.745. The van der Waals surface area contributed by atoms with Crippen molar-refractivity contribution in [2.24, 2.45) is 0 Å². The molecule has 1 N–H and O–H groups in total. The highest BCUT2D eigenvalue weighted by molar-refractivity contribution is 9.10. The van der Waals surface area contributed by atoms with Gasteiger partial charge in [-0.15, -0.1) is 0 Å². The minimum atomic E-state index is -0.495. The third kappa shape index (κ3) is 3.12. The van der Waals surface area contributed by atoms with Crippen molar-refractivity contribution in [1.29, 1.82) is 0 Å². The number of methoxy groups -OCH3 is 1. The molecule has 21 heavy (non-hydrogen) atoms. The van der Waals surface area contributed by atoms with E-state index in [0.29, 0.717) is 13.0 Å². The molecule has 2 atom stereocenters. The summed E-state index contributed by atoms with van der Waals surface area (Å²) in [7, 11) is 1.68. The molecular formula is C17H17BrO3. The van der Waals surface area contributed by atoms with Gasteiger partial charge >= 0.3 is 0 Å². The van der Waals surface area contributed by atoms with E-state index in [9.17, 15) is 5.11 Å². The standard InChI is InChI=1S/C17H17BrO3/c1-20-10-11-2-4-12(5-3-11)16-9-15(19)14-7-6-13(18)8-17(14)21-16/h2-8,15-16,19H,9-10H2,1H3/t15-,16?/m0/s1. The topological polar surface area (TPSA) is 38.7 Å². The Morgan fingerprint density at radius 2 is 2.00 bits per heavy atom. The molecule has 2 aromatic carbocycles. The molecule has 0 saturated heterocycles. The van der Waals surface area contributed by atoms with E-state index in [1.807, 2.05) is 42.5 Å². The number of hydrogen-bond donors (Lipinski definition) is 1. The van der Waals surface area contributed by atoms with Crippen LogP contribution in [0, 0.1) is 0 Å². The molecule has 0 bridgehead atoms. The molecular weight excluding hydrogens is 332 g/mol. The average Bonchev–Trinajstić information content (AvgIpc) is 2.48. The van der Waals surface area contributed by atoms with Gasteiger partial charge in [0.1, 0.15) is 11.9 Å².